The quantitative estimate of drug-likeness (QED) is 0.851. The van der Waals surface area contributed by atoms with Crippen LogP contribution in [0.4, 0.5) is 0 Å². The fourth-order valence-electron chi connectivity index (χ4n) is 1.58. The van der Waals surface area contributed by atoms with Gasteiger partial charge < -0.3 is 5.11 Å². The maximum Gasteiger partial charge on any atom is 0.161 e. The number of benzene rings is 1. The van der Waals surface area contributed by atoms with Crippen LogP contribution in [-0.2, 0) is 6.42 Å². The number of aryl methyl sites for hydroxylation is 1. The lowest BCUT2D eigenvalue weighted by Gasteiger charge is -2.10. The second-order valence-electron chi connectivity index (χ2n) is 3.61. The molecule has 0 radical (unpaired) electrons. The molecule has 1 aromatic heterocycles. The first kappa shape index (κ1) is 10.8. The van der Waals surface area contributed by atoms with Crippen molar-refractivity contribution in [3.8, 4) is 0 Å². The van der Waals surface area contributed by atoms with E-state index < -0.39 is 6.10 Å². The van der Waals surface area contributed by atoms with Gasteiger partial charge in [0.05, 0.1) is 0 Å². The molecule has 3 nitrogen and oxygen atoms in total. The van der Waals surface area contributed by atoms with Gasteiger partial charge in [0.1, 0.15) is 6.10 Å². The first-order valence-corrected chi connectivity index (χ1v) is 5.35. The number of rotatable bonds is 3. The zero-order chi connectivity index (χ0) is 11.4. The molecule has 2 aromatic rings. The van der Waals surface area contributed by atoms with Crippen molar-refractivity contribution in [3.05, 3.63) is 59.7 Å². The largest absolute Gasteiger partial charge is 0.380 e. The van der Waals surface area contributed by atoms with Crippen molar-refractivity contribution in [2.24, 2.45) is 0 Å². The first-order chi connectivity index (χ1) is 7.81. The van der Waals surface area contributed by atoms with Crippen LogP contribution < -0.4 is 0 Å². The first-order valence-electron chi connectivity index (χ1n) is 5.35. The summed E-state index contributed by atoms with van der Waals surface area (Å²) in [5.74, 6) is 0.441. The Morgan fingerprint density at radius 1 is 1.19 bits per heavy atom. The van der Waals surface area contributed by atoms with E-state index in [1.165, 1.54) is 5.56 Å². The molecule has 0 aliphatic rings. The van der Waals surface area contributed by atoms with Crippen LogP contribution in [0.25, 0.3) is 0 Å². The Labute approximate surface area is 94.8 Å². The zero-order valence-corrected chi connectivity index (χ0v) is 9.17. The second kappa shape index (κ2) is 4.86. The SMILES string of the molecule is CCc1cccc(C(O)c2ncccn2)c1. The van der Waals surface area contributed by atoms with Gasteiger partial charge in [-0.2, -0.15) is 0 Å². The predicted octanol–water partition coefficient (Wildman–Crippen LogP) is 2.12. The van der Waals surface area contributed by atoms with Crippen molar-refractivity contribution in [1.29, 1.82) is 0 Å². The third kappa shape index (κ3) is 2.25. The van der Waals surface area contributed by atoms with Gasteiger partial charge in [-0.1, -0.05) is 31.2 Å². The van der Waals surface area contributed by atoms with E-state index in [-0.39, 0.29) is 0 Å². The summed E-state index contributed by atoms with van der Waals surface area (Å²) < 4.78 is 0. The Kier molecular flexibility index (Phi) is 3.27. The van der Waals surface area contributed by atoms with Gasteiger partial charge in [0.15, 0.2) is 5.82 Å². The van der Waals surface area contributed by atoms with E-state index >= 15 is 0 Å². The van der Waals surface area contributed by atoms with E-state index in [2.05, 4.69) is 16.9 Å². The van der Waals surface area contributed by atoms with Crippen LogP contribution in [0.3, 0.4) is 0 Å². The fourth-order valence-corrected chi connectivity index (χ4v) is 1.58. The molecular formula is C13H14N2O. The summed E-state index contributed by atoms with van der Waals surface area (Å²) in [6, 6.07) is 9.60. The van der Waals surface area contributed by atoms with Crippen molar-refractivity contribution < 1.29 is 5.11 Å². The number of nitrogens with zero attached hydrogens (tertiary/aromatic N) is 2. The zero-order valence-electron chi connectivity index (χ0n) is 9.17. The van der Waals surface area contributed by atoms with Crippen LogP contribution in [0.1, 0.15) is 30.0 Å². The number of hydrogen-bond acceptors (Lipinski definition) is 3. The van der Waals surface area contributed by atoms with Crippen molar-refractivity contribution >= 4 is 0 Å². The monoisotopic (exact) mass is 214 g/mol. The van der Waals surface area contributed by atoms with Crippen molar-refractivity contribution in [1.82, 2.24) is 9.97 Å². The molecule has 0 fully saturated rings. The number of hydrogen-bond donors (Lipinski definition) is 1. The van der Waals surface area contributed by atoms with E-state index in [1.807, 2.05) is 24.3 Å². The highest BCUT2D eigenvalue weighted by Gasteiger charge is 2.12. The van der Waals surface area contributed by atoms with Gasteiger partial charge >= 0.3 is 0 Å². The lowest BCUT2D eigenvalue weighted by molar-refractivity contribution is 0.209. The summed E-state index contributed by atoms with van der Waals surface area (Å²) >= 11 is 0. The highest BCUT2D eigenvalue weighted by molar-refractivity contribution is 5.28. The van der Waals surface area contributed by atoms with E-state index in [0.717, 1.165) is 12.0 Å². The van der Waals surface area contributed by atoms with Crippen LogP contribution in [-0.4, -0.2) is 15.1 Å². The van der Waals surface area contributed by atoms with Gasteiger partial charge in [-0.3, -0.25) is 0 Å². The van der Waals surface area contributed by atoms with Crippen LogP contribution >= 0.6 is 0 Å². The summed E-state index contributed by atoms with van der Waals surface area (Å²) in [7, 11) is 0. The lowest BCUT2D eigenvalue weighted by atomic mass is 10.0. The Hall–Kier alpha value is -1.74. The van der Waals surface area contributed by atoms with E-state index in [1.54, 1.807) is 18.5 Å². The Morgan fingerprint density at radius 3 is 2.62 bits per heavy atom. The average molecular weight is 214 g/mol. The van der Waals surface area contributed by atoms with Gasteiger partial charge in [-0.05, 0) is 23.6 Å². The summed E-state index contributed by atoms with van der Waals surface area (Å²) in [5, 5.41) is 10.1. The molecule has 0 aliphatic carbocycles. The minimum atomic E-state index is -0.743. The maximum atomic E-state index is 10.1. The topological polar surface area (TPSA) is 46.0 Å². The Balaban J connectivity index is 2.30. The number of aliphatic hydroxyl groups excluding tert-OH is 1. The molecule has 0 saturated heterocycles. The molecule has 1 aromatic carbocycles. The third-order valence-corrected chi connectivity index (χ3v) is 2.51. The summed E-state index contributed by atoms with van der Waals surface area (Å²) in [4.78, 5) is 8.10. The minimum absolute atomic E-state index is 0.441. The molecule has 0 aliphatic heterocycles. The predicted molar refractivity (Wildman–Crippen MR) is 61.9 cm³/mol. The van der Waals surface area contributed by atoms with E-state index in [9.17, 15) is 5.11 Å². The number of aliphatic hydroxyl groups is 1. The van der Waals surface area contributed by atoms with Crippen molar-refractivity contribution in [2.75, 3.05) is 0 Å². The molecule has 1 atom stereocenters. The van der Waals surface area contributed by atoms with E-state index in [4.69, 9.17) is 0 Å². The molecule has 0 saturated carbocycles. The van der Waals surface area contributed by atoms with Crippen LogP contribution in [0.2, 0.25) is 0 Å². The smallest absolute Gasteiger partial charge is 0.161 e. The molecule has 82 valence electrons. The highest BCUT2D eigenvalue weighted by Crippen LogP contribution is 2.19. The number of aromatic nitrogens is 2. The molecular weight excluding hydrogens is 200 g/mol. The van der Waals surface area contributed by atoms with Crippen LogP contribution in [0.15, 0.2) is 42.7 Å². The van der Waals surface area contributed by atoms with E-state index in [0.29, 0.717) is 5.82 Å². The fraction of sp³-hybridized carbons (Fsp3) is 0.231. The second-order valence-corrected chi connectivity index (χ2v) is 3.61. The van der Waals surface area contributed by atoms with Crippen LogP contribution in [0.5, 0.6) is 0 Å². The van der Waals surface area contributed by atoms with Gasteiger partial charge in [0.2, 0.25) is 0 Å². The Morgan fingerprint density at radius 2 is 1.94 bits per heavy atom. The summed E-state index contributed by atoms with van der Waals surface area (Å²) in [5.41, 5.74) is 2.04. The van der Waals surface area contributed by atoms with Crippen molar-refractivity contribution in [3.63, 3.8) is 0 Å². The van der Waals surface area contributed by atoms with Gasteiger partial charge in [-0.15, -0.1) is 0 Å². The average Bonchev–Trinajstić information content (AvgIpc) is 2.39. The Bertz CT molecular complexity index is 456. The molecule has 0 amide bonds. The normalized spacial score (nSPS) is 12.4. The third-order valence-electron chi connectivity index (χ3n) is 2.51. The lowest BCUT2D eigenvalue weighted by Crippen LogP contribution is -2.04. The molecule has 1 N–H and O–H groups in total. The van der Waals surface area contributed by atoms with Gasteiger partial charge in [-0.25, -0.2) is 9.97 Å². The maximum absolute atomic E-state index is 10.1. The van der Waals surface area contributed by atoms with Crippen molar-refractivity contribution in [2.45, 2.75) is 19.4 Å². The molecule has 0 spiro atoms. The highest BCUT2D eigenvalue weighted by atomic mass is 16.3. The molecule has 2 rings (SSSR count). The minimum Gasteiger partial charge on any atom is -0.380 e. The molecule has 1 heterocycles. The van der Waals surface area contributed by atoms with Gasteiger partial charge in [0, 0.05) is 12.4 Å². The standard InChI is InChI=1S/C13H14N2O/c1-2-10-5-3-6-11(9-10)12(16)13-14-7-4-8-15-13/h3-9,12,16H,2H2,1H3. The summed E-state index contributed by atoms with van der Waals surface area (Å²) in [6.07, 6.45) is 3.48. The van der Waals surface area contributed by atoms with Gasteiger partial charge in [0.25, 0.3) is 0 Å². The van der Waals surface area contributed by atoms with Crippen LogP contribution in [0, 0.1) is 0 Å². The molecule has 0 bridgehead atoms. The molecule has 1 unspecified atom stereocenters. The summed E-state index contributed by atoms with van der Waals surface area (Å²) in [6.45, 7) is 2.09. The molecule has 16 heavy (non-hydrogen) atoms. The molecule has 3 heteroatoms.